The van der Waals surface area contributed by atoms with Gasteiger partial charge in [-0.15, -0.1) is 11.3 Å². The first-order valence-corrected chi connectivity index (χ1v) is 9.34. The maximum Gasteiger partial charge on any atom is 0.256 e. The van der Waals surface area contributed by atoms with Crippen molar-refractivity contribution in [3.8, 4) is 5.82 Å². The molecular formula is C19H20ClN3OS. The molecule has 0 saturated carbocycles. The summed E-state index contributed by atoms with van der Waals surface area (Å²) in [6, 6.07) is 11.6. The van der Waals surface area contributed by atoms with Crippen molar-refractivity contribution in [1.29, 1.82) is 0 Å². The molecule has 0 fully saturated rings. The standard InChI is InChI=1S/C19H20ClN3OS/c1-4-22(12-15-8-9-17(20)25-15)19(24)16-11-13(2)23(14(16)3)18-7-5-6-10-21-18/h5-11H,4,12H2,1-3H3. The van der Waals surface area contributed by atoms with Crippen LogP contribution in [-0.4, -0.2) is 26.9 Å². The lowest BCUT2D eigenvalue weighted by atomic mass is 10.2. The molecule has 0 unspecified atom stereocenters. The molecule has 130 valence electrons. The number of amides is 1. The normalized spacial score (nSPS) is 10.9. The largest absolute Gasteiger partial charge is 0.334 e. The number of carbonyl (C=O) groups excluding carboxylic acids is 1. The lowest BCUT2D eigenvalue weighted by molar-refractivity contribution is 0.0753. The topological polar surface area (TPSA) is 38.1 Å². The van der Waals surface area contributed by atoms with E-state index in [1.165, 1.54) is 11.3 Å². The molecule has 0 aliphatic heterocycles. The molecule has 3 aromatic rings. The minimum Gasteiger partial charge on any atom is -0.334 e. The maximum atomic E-state index is 13.1. The van der Waals surface area contributed by atoms with Crippen molar-refractivity contribution in [2.24, 2.45) is 0 Å². The van der Waals surface area contributed by atoms with Gasteiger partial charge in [0, 0.05) is 29.0 Å². The molecule has 0 spiro atoms. The van der Waals surface area contributed by atoms with Gasteiger partial charge in [0.25, 0.3) is 5.91 Å². The van der Waals surface area contributed by atoms with Gasteiger partial charge in [-0.1, -0.05) is 17.7 Å². The van der Waals surface area contributed by atoms with Gasteiger partial charge in [-0.25, -0.2) is 4.98 Å². The fraction of sp³-hybridized carbons (Fsp3) is 0.263. The van der Waals surface area contributed by atoms with Crippen LogP contribution in [-0.2, 0) is 6.54 Å². The fourth-order valence-electron chi connectivity index (χ4n) is 2.94. The van der Waals surface area contributed by atoms with Crippen LogP contribution in [0.2, 0.25) is 4.34 Å². The number of thiophene rings is 1. The Morgan fingerprint density at radius 2 is 2.08 bits per heavy atom. The highest BCUT2D eigenvalue weighted by Gasteiger charge is 2.22. The summed E-state index contributed by atoms with van der Waals surface area (Å²) in [5.41, 5.74) is 2.62. The van der Waals surface area contributed by atoms with Gasteiger partial charge >= 0.3 is 0 Å². The van der Waals surface area contributed by atoms with E-state index in [2.05, 4.69) is 4.98 Å². The predicted molar refractivity (Wildman–Crippen MR) is 103 cm³/mol. The summed E-state index contributed by atoms with van der Waals surface area (Å²) in [6.45, 7) is 7.16. The zero-order valence-corrected chi connectivity index (χ0v) is 16.1. The van der Waals surface area contributed by atoms with Gasteiger partial charge in [0.05, 0.1) is 16.4 Å². The Morgan fingerprint density at radius 1 is 1.28 bits per heavy atom. The molecular weight excluding hydrogens is 354 g/mol. The lowest BCUT2D eigenvalue weighted by Gasteiger charge is -2.20. The van der Waals surface area contributed by atoms with Crippen molar-refractivity contribution < 1.29 is 4.79 Å². The smallest absolute Gasteiger partial charge is 0.256 e. The molecule has 0 aliphatic carbocycles. The number of halogens is 1. The second kappa shape index (κ2) is 7.42. The van der Waals surface area contributed by atoms with Gasteiger partial charge in [-0.2, -0.15) is 0 Å². The number of aromatic nitrogens is 2. The molecule has 0 saturated heterocycles. The van der Waals surface area contributed by atoms with Gasteiger partial charge in [0.1, 0.15) is 5.82 Å². The molecule has 1 amide bonds. The zero-order chi connectivity index (χ0) is 18.0. The van der Waals surface area contributed by atoms with Gasteiger partial charge in [0.2, 0.25) is 0 Å². The van der Waals surface area contributed by atoms with E-state index in [9.17, 15) is 4.79 Å². The van der Waals surface area contributed by atoms with Crippen molar-refractivity contribution >= 4 is 28.8 Å². The molecule has 0 N–H and O–H groups in total. The summed E-state index contributed by atoms with van der Waals surface area (Å²) in [5, 5.41) is 0. The number of nitrogens with zero attached hydrogens (tertiary/aromatic N) is 3. The van der Waals surface area contributed by atoms with E-state index in [1.54, 1.807) is 6.20 Å². The fourth-order valence-corrected chi connectivity index (χ4v) is 4.04. The van der Waals surface area contributed by atoms with Crippen LogP contribution in [0, 0.1) is 13.8 Å². The van der Waals surface area contributed by atoms with Crippen LogP contribution in [0.4, 0.5) is 0 Å². The summed E-state index contributed by atoms with van der Waals surface area (Å²) < 4.78 is 2.76. The van der Waals surface area contributed by atoms with E-state index in [1.807, 2.05) is 66.6 Å². The third-order valence-electron chi connectivity index (χ3n) is 4.18. The van der Waals surface area contributed by atoms with Crippen LogP contribution in [0.5, 0.6) is 0 Å². The van der Waals surface area contributed by atoms with E-state index in [0.29, 0.717) is 18.7 Å². The predicted octanol–water partition coefficient (Wildman–Crippen LogP) is 4.87. The number of hydrogen-bond acceptors (Lipinski definition) is 3. The van der Waals surface area contributed by atoms with Crippen LogP contribution < -0.4 is 0 Å². The minimum absolute atomic E-state index is 0.0299. The number of carbonyl (C=O) groups is 1. The Kier molecular flexibility index (Phi) is 5.25. The van der Waals surface area contributed by atoms with Crippen LogP contribution in [0.15, 0.2) is 42.6 Å². The molecule has 4 nitrogen and oxygen atoms in total. The molecule has 0 aromatic carbocycles. The molecule has 3 aromatic heterocycles. The van der Waals surface area contributed by atoms with Crippen molar-refractivity contribution in [3.63, 3.8) is 0 Å². The third kappa shape index (κ3) is 3.62. The third-order valence-corrected chi connectivity index (χ3v) is 5.40. The van der Waals surface area contributed by atoms with E-state index in [-0.39, 0.29) is 5.91 Å². The monoisotopic (exact) mass is 373 g/mol. The van der Waals surface area contributed by atoms with E-state index in [0.717, 1.165) is 26.4 Å². The zero-order valence-electron chi connectivity index (χ0n) is 14.5. The first kappa shape index (κ1) is 17.7. The molecule has 3 rings (SSSR count). The molecule has 0 aliphatic rings. The molecule has 0 bridgehead atoms. The van der Waals surface area contributed by atoms with Gasteiger partial charge in [-0.3, -0.25) is 4.79 Å². The Balaban J connectivity index is 1.91. The summed E-state index contributed by atoms with van der Waals surface area (Å²) in [4.78, 5) is 20.4. The Morgan fingerprint density at radius 3 is 2.68 bits per heavy atom. The molecule has 0 radical (unpaired) electrons. The van der Waals surface area contributed by atoms with Crippen molar-refractivity contribution in [1.82, 2.24) is 14.5 Å². The summed E-state index contributed by atoms with van der Waals surface area (Å²) in [5.74, 6) is 0.854. The first-order chi connectivity index (χ1) is 12.0. The summed E-state index contributed by atoms with van der Waals surface area (Å²) in [6.07, 6.45) is 1.76. The Hall–Kier alpha value is -2.11. The average molecular weight is 374 g/mol. The van der Waals surface area contributed by atoms with Gasteiger partial charge < -0.3 is 9.47 Å². The molecule has 3 heterocycles. The maximum absolute atomic E-state index is 13.1. The number of pyridine rings is 1. The second-order valence-electron chi connectivity index (χ2n) is 5.83. The van der Waals surface area contributed by atoms with Crippen LogP contribution in [0.3, 0.4) is 0 Å². The van der Waals surface area contributed by atoms with Crippen LogP contribution >= 0.6 is 22.9 Å². The number of aryl methyl sites for hydroxylation is 1. The number of rotatable bonds is 5. The molecule has 0 atom stereocenters. The first-order valence-electron chi connectivity index (χ1n) is 8.15. The van der Waals surface area contributed by atoms with E-state index >= 15 is 0 Å². The number of hydrogen-bond donors (Lipinski definition) is 0. The average Bonchev–Trinajstić information content (AvgIpc) is 3.15. The van der Waals surface area contributed by atoms with E-state index in [4.69, 9.17) is 11.6 Å². The Bertz CT molecular complexity index is 885. The van der Waals surface area contributed by atoms with Crippen LogP contribution in [0.25, 0.3) is 5.82 Å². The highest BCUT2D eigenvalue weighted by Crippen LogP contribution is 2.25. The van der Waals surface area contributed by atoms with Gasteiger partial charge in [-0.05, 0) is 51.1 Å². The van der Waals surface area contributed by atoms with Crippen molar-refractivity contribution in [3.05, 3.63) is 68.8 Å². The van der Waals surface area contributed by atoms with Crippen molar-refractivity contribution in [2.75, 3.05) is 6.54 Å². The highest BCUT2D eigenvalue weighted by molar-refractivity contribution is 7.16. The SMILES string of the molecule is CCN(Cc1ccc(Cl)s1)C(=O)c1cc(C)n(-c2ccccn2)c1C. The van der Waals surface area contributed by atoms with Crippen LogP contribution in [0.1, 0.15) is 33.5 Å². The van der Waals surface area contributed by atoms with Gasteiger partial charge in [0.15, 0.2) is 0 Å². The quantitative estimate of drug-likeness (QED) is 0.640. The second-order valence-corrected chi connectivity index (χ2v) is 7.63. The summed E-state index contributed by atoms with van der Waals surface area (Å²) in [7, 11) is 0. The lowest BCUT2D eigenvalue weighted by Crippen LogP contribution is -2.30. The van der Waals surface area contributed by atoms with E-state index < -0.39 is 0 Å². The highest BCUT2D eigenvalue weighted by atomic mass is 35.5. The molecule has 25 heavy (non-hydrogen) atoms. The molecule has 6 heteroatoms. The summed E-state index contributed by atoms with van der Waals surface area (Å²) >= 11 is 7.52. The van der Waals surface area contributed by atoms with Crippen molar-refractivity contribution in [2.45, 2.75) is 27.3 Å². The minimum atomic E-state index is 0.0299. The Labute approximate surface area is 156 Å².